The highest BCUT2D eigenvalue weighted by atomic mass is 16.2. The van der Waals surface area contributed by atoms with Crippen molar-refractivity contribution in [2.24, 2.45) is 7.05 Å². The minimum absolute atomic E-state index is 0.136. The molecule has 1 fully saturated rings. The number of carbonyl (C=O) groups is 2. The van der Waals surface area contributed by atoms with Gasteiger partial charge in [0.1, 0.15) is 0 Å². The summed E-state index contributed by atoms with van der Waals surface area (Å²) in [6.45, 7) is 3.90. The van der Waals surface area contributed by atoms with Crippen molar-refractivity contribution in [3.8, 4) is 0 Å². The van der Waals surface area contributed by atoms with E-state index in [9.17, 15) is 9.59 Å². The van der Waals surface area contributed by atoms with Crippen LogP contribution >= 0.6 is 0 Å². The maximum Gasteiger partial charge on any atom is 0.319 e. The number of amides is 3. The number of anilines is 1. The molecule has 1 aliphatic rings. The van der Waals surface area contributed by atoms with Crippen molar-refractivity contribution >= 4 is 17.6 Å². The molecule has 0 saturated heterocycles. The predicted octanol–water partition coefficient (Wildman–Crippen LogP) is 2.50. The summed E-state index contributed by atoms with van der Waals surface area (Å²) in [5.41, 5.74) is 3.22. The van der Waals surface area contributed by atoms with Crippen LogP contribution in [0.5, 0.6) is 0 Å². The zero-order valence-corrected chi connectivity index (χ0v) is 14.7. The molecule has 1 saturated carbocycles. The average molecular weight is 341 g/mol. The van der Waals surface area contributed by atoms with Crippen molar-refractivity contribution < 1.29 is 9.59 Å². The van der Waals surface area contributed by atoms with Gasteiger partial charge in [0.05, 0.1) is 12.2 Å². The summed E-state index contributed by atoms with van der Waals surface area (Å²) in [6.07, 6.45) is 3.86. The molecule has 1 aromatic carbocycles. The monoisotopic (exact) mass is 341 g/mol. The summed E-state index contributed by atoms with van der Waals surface area (Å²) in [4.78, 5) is 24.1. The van der Waals surface area contributed by atoms with Crippen LogP contribution in [0.1, 0.15) is 47.4 Å². The highest BCUT2D eigenvalue weighted by Gasteiger charge is 2.23. The average Bonchev–Trinajstić information content (AvgIpc) is 3.32. The molecular weight excluding hydrogens is 318 g/mol. The zero-order chi connectivity index (χ0) is 18.0. The second-order valence-corrected chi connectivity index (χ2v) is 6.45. The highest BCUT2D eigenvalue weighted by molar-refractivity contribution is 5.95. The van der Waals surface area contributed by atoms with Crippen molar-refractivity contribution in [3.05, 3.63) is 47.3 Å². The summed E-state index contributed by atoms with van der Waals surface area (Å²) >= 11 is 0. The van der Waals surface area contributed by atoms with Crippen LogP contribution in [0.4, 0.5) is 10.5 Å². The minimum atomic E-state index is -0.208. The molecule has 7 heteroatoms. The van der Waals surface area contributed by atoms with Gasteiger partial charge in [0, 0.05) is 35.6 Å². The van der Waals surface area contributed by atoms with Crippen LogP contribution in [0.15, 0.2) is 30.5 Å². The van der Waals surface area contributed by atoms with Crippen LogP contribution in [0.3, 0.4) is 0 Å². The smallest absolute Gasteiger partial charge is 0.319 e. The fourth-order valence-corrected chi connectivity index (χ4v) is 2.58. The number of aryl methyl sites for hydroxylation is 1. The first-order valence-corrected chi connectivity index (χ1v) is 8.41. The van der Waals surface area contributed by atoms with Crippen molar-refractivity contribution in [1.82, 2.24) is 20.4 Å². The van der Waals surface area contributed by atoms with Crippen LogP contribution in [0, 0.1) is 6.92 Å². The normalized spacial score (nSPS) is 14.7. The van der Waals surface area contributed by atoms with E-state index in [-0.39, 0.29) is 18.0 Å². The van der Waals surface area contributed by atoms with Crippen molar-refractivity contribution in [2.75, 3.05) is 5.32 Å². The van der Waals surface area contributed by atoms with Crippen LogP contribution in [-0.2, 0) is 7.05 Å². The quantitative estimate of drug-likeness (QED) is 0.781. The Labute approximate surface area is 146 Å². The molecule has 0 spiro atoms. The van der Waals surface area contributed by atoms with Crippen molar-refractivity contribution in [3.63, 3.8) is 0 Å². The van der Waals surface area contributed by atoms with Gasteiger partial charge in [-0.2, -0.15) is 5.10 Å². The van der Waals surface area contributed by atoms with E-state index in [1.54, 1.807) is 35.1 Å². The number of nitrogens with one attached hydrogen (secondary N) is 3. The summed E-state index contributed by atoms with van der Waals surface area (Å²) < 4.78 is 1.78. The number of nitrogens with zero attached hydrogens (tertiary/aromatic N) is 2. The Kier molecular flexibility index (Phi) is 4.74. The molecule has 132 valence electrons. The van der Waals surface area contributed by atoms with E-state index in [2.05, 4.69) is 21.0 Å². The molecule has 1 aliphatic carbocycles. The van der Waals surface area contributed by atoms with E-state index in [4.69, 9.17) is 0 Å². The summed E-state index contributed by atoms with van der Waals surface area (Å²) in [6, 6.07) is 6.81. The Balaban J connectivity index is 1.58. The Morgan fingerprint density at radius 1 is 1.24 bits per heavy atom. The molecule has 3 N–H and O–H groups in total. The van der Waals surface area contributed by atoms with E-state index >= 15 is 0 Å². The van der Waals surface area contributed by atoms with E-state index in [1.165, 1.54) is 0 Å². The largest absolute Gasteiger partial charge is 0.345 e. The third-order valence-electron chi connectivity index (χ3n) is 4.40. The topological polar surface area (TPSA) is 88.1 Å². The number of urea groups is 1. The Bertz CT molecular complexity index is 777. The van der Waals surface area contributed by atoms with E-state index in [0.717, 1.165) is 24.1 Å². The Hall–Kier alpha value is -2.83. The number of hydrogen-bond acceptors (Lipinski definition) is 3. The molecule has 7 nitrogen and oxygen atoms in total. The first-order valence-electron chi connectivity index (χ1n) is 8.41. The summed E-state index contributed by atoms with van der Waals surface area (Å²) in [7, 11) is 1.87. The fourth-order valence-electron chi connectivity index (χ4n) is 2.58. The Morgan fingerprint density at radius 2 is 1.92 bits per heavy atom. The molecule has 0 radical (unpaired) electrons. The van der Waals surface area contributed by atoms with Crippen LogP contribution in [-0.4, -0.2) is 27.8 Å². The second-order valence-electron chi connectivity index (χ2n) is 6.45. The maximum atomic E-state index is 12.4. The van der Waals surface area contributed by atoms with Gasteiger partial charge in [-0.05, 0) is 51.0 Å². The SMILES string of the molecule is Cc1c([C@@H](C)NC(=O)c2ccc(NC(=O)NC3CC3)cc2)cnn1C. The standard InChI is InChI=1S/C18H23N5O2/c1-11(16-10-19-23(3)12(16)2)20-17(24)13-4-6-14(7-5-13)21-18(25)22-15-8-9-15/h4-7,10-11,15H,8-9H2,1-3H3,(H,20,24)(H2,21,22,25)/t11-/m1/s1. The summed E-state index contributed by atoms with van der Waals surface area (Å²) in [5.74, 6) is -0.162. The van der Waals surface area contributed by atoms with Gasteiger partial charge in [-0.15, -0.1) is 0 Å². The highest BCUT2D eigenvalue weighted by Crippen LogP contribution is 2.19. The molecule has 0 unspecified atom stereocenters. The fraction of sp³-hybridized carbons (Fsp3) is 0.389. The van der Waals surface area contributed by atoms with E-state index in [1.807, 2.05) is 20.9 Å². The molecule has 3 rings (SSSR count). The van der Waals surface area contributed by atoms with Crippen LogP contribution in [0.2, 0.25) is 0 Å². The van der Waals surface area contributed by atoms with Gasteiger partial charge in [0.15, 0.2) is 0 Å². The van der Waals surface area contributed by atoms with Crippen LogP contribution in [0.25, 0.3) is 0 Å². The van der Waals surface area contributed by atoms with Gasteiger partial charge in [-0.3, -0.25) is 9.48 Å². The van der Waals surface area contributed by atoms with Gasteiger partial charge < -0.3 is 16.0 Å². The molecule has 1 atom stereocenters. The first kappa shape index (κ1) is 17.0. The number of benzene rings is 1. The van der Waals surface area contributed by atoms with Gasteiger partial charge in [0.2, 0.25) is 0 Å². The third kappa shape index (κ3) is 4.17. The number of rotatable bonds is 5. The summed E-state index contributed by atoms with van der Waals surface area (Å²) in [5, 5.41) is 12.8. The molecule has 1 aromatic heterocycles. The maximum absolute atomic E-state index is 12.4. The van der Waals surface area contributed by atoms with Crippen molar-refractivity contribution in [1.29, 1.82) is 0 Å². The lowest BCUT2D eigenvalue weighted by Gasteiger charge is -2.14. The zero-order valence-electron chi connectivity index (χ0n) is 14.7. The predicted molar refractivity (Wildman–Crippen MR) is 95.4 cm³/mol. The number of aromatic nitrogens is 2. The lowest BCUT2D eigenvalue weighted by atomic mass is 10.1. The third-order valence-corrected chi connectivity index (χ3v) is 4.40. The molecule has 3 amide bonds. The molecular formula is C18H23N5O2. The number of hydrogen-bond donors (Lipinski definition) is 3. The molecule has 0 bridgehead atoms. The molecule has 1 heterocycles. The van der Waals surface area contributed by atoms with E-state index in [0.29, 0.717) is 17.3 Å². The molecule has 25 heavy (non-hydrogen) atoms. The van der Waals surface area contributed by atoms with E-state index < -0.39 is 0 Å². The van der Waals surface area contributed by atoms with Gasteiger partial charge >= 0.3 is 6.03 Å². The van der Waals surface area contributed by atoms with Gasteiger partial charge in [-0.1, -0.05) is 0 Å². The molecule has 2 aromatic rings. The number of carbonyl (C=O) groups excluding carboxylic acids is 2. The minimum Gasteiger partial charge on any atom is -0.345 e. The first-order chi connectivity index (χ1) is 11.9. The van der Waals surface area contributed by atoms with Gasteiger partial charge in [-0.25, -0.2) is 4.79 Å². The Morgan fingerprint density at radius 3 is 2.48 bits per heavy atom. The second kappa shape index (κ2) is 6.96. The van der Waals surface area contributed by atoms with Crippen molar-refractivity contribution in [2.45, 2.75) is 38.8 Å². The lowest BCUT2D eigenvalue weighted by Crippen LogP contribution is -2.30. The van der Waals surface area contributed by atoms with Crippen LogP contribution < -0.4 is 16.0 Å². The molecule has 0 aliphatic heterocycles. The lowest BCUT2D eigenvalue weighted by molar-refractivity contribution is 0.0940. The van der Waals surface area contributed by atoms with Gasteiger partial charge in [0.25, 0.3) is 5.91 Å².